The van der Waals surface area contributed by atoms with Crippen molar-refractivity contribution < 1.29 is 4.79 Å². The second-order valence-corrected chi connectivity index (χ2v) is 11.5. The number of hydrogen-bond acceptors (Lipinski definition) is 9. The van der Waals surface area contributed by atoms with Crippen molar-refractivity contribution in [2.75, 3.05) is 41.7 Å². The van der Waals surface area contributed by atoms with Crippen LogP contribution in [0, 0.1) is 23.7 Å². The normalized spacial score (nSPS) is 16.5. The van der Waals surface area contributed by atoms with E-state index in [0.29, 0.717) is 34.1 Å². The van der Waals surface area contributed by atoms with Crippen molar-refractivity contribution in [3.05, 3.63) is 72.2 Å². The highest BCUT2D eigenvalue weighted by Crippen LogP contribution is 2.30. The summed E-state index contributed by atoms with van der Waals surface area (Å²) in [4.78, 5) is 35.9. The van der Waals surface area contributed by atoms with Gasteiger partial charge in [-0.15, -0.1) is 0 Å². The van der Waals surface area contributed by atoms with E-state index in [9.17, 15) is 10.1 Å². The first-order valence-electron chi connectivity index (χ1n) is 14.3. The second-order valence-electron chi connectivity index (χ2n) is 11.5. The Kier molecular flexibility index (Phi) is 8.31. The Bertz CT molecular complexity index is 1610. The molecule has 10 heteroatoms. The maximum Gasteiger partial charge on any atom is 0.255 e. The molecule has 2 fully saturated rings. The minimum Gasteiger partial charge on any atom is -0.338 e. The van der Waals surface area contributed by atoms with Gasteiger partial charge >= 0.3 is 0 Å². The highest BCUT2D eigenvalue weighted by molar-refractivity contribution is 6.05. The number of allylic oxidation sites excluding steroid dienone is 3. The lowest BCUT2D eigenvalue weighted by molar-refractivity contribution is -0.112. The zero-order chi connectivity index (χ0) is 29.9. The highest BCUT2D eigenvalue weighted by atomic mass is 16.1. The quantitative estimate of drug-likeness (QED) is 0.264. The van der Waals surface area contributed by atoms with Crippen LogP contribution in [0.15, 0.2) is 66.7 Å². The van der Waals surface area contributed by atoms with Crippen LogP contribution in [0.2, 0.25) is 0 Å². The summed E-state index contributed by atoms with van der Waals surface area (Å²) in [5, 5.41) is 15.6. The molecule has 10 nitrogen and oxygen atoms in total. The minimum absolute atomic E-state index is 0.299. The van der Waals surface area contributed by atoms with E-state index in [2.05, 4.69) is 48.0 Å². The number of fused-ring (bicyclic) bond motifs is 1. The monoisotopic (exact) mass is 563 g/mol. The molecule has 0 bridgehead atoms. The predicted molar refractivity (Wildman–Crippen MR) is 166 cm³/mol. The maximum atomic E-state index is 12.8. The topological polar surface area (TPSA) is 123 Å². The van der Waals surface area contributed by atoms with Crippen LogP contribution in [0.25, 0.3) is 11.0 Å². The fourth-order valence-electron chi connectivity index (χ4n) is 4.67. The molecule has 1 saturated carbocycles. The Morgan fingerprint density at radius 2 is 1.93 bits per heavy atom. The van der Waals surface area contributed by atoms with E-state index in [1.807, 2.05) is 52.0 Å². The van der Waals surface area contributed by atoms with Gasteiger partial charge in [0.1, 0.15) is 17.4 Å². The van der Waals surface area contributed by atoms with Crippen LogP contribution in [-0.4, -0.2) is 63.0 Å². The number of amides is 1. The van der Waals surface area contributed by atoms with Crippen LogP contribution in [-0.2, 0) is 4.79 Å². The van der Waals surface area contributed by atoms with Gasteiger partial charge in [0, 0.05) is 49.2 Å². The van der Waals surface area contributed by atoms with Crippen LogP contribution in [0.4, 0.5) is 23.1 Å². The first-order chi connectivity index (χ1) is 20.1. The zero-order valence-corrected chi connectivity index (χ0v) is 24.7. The van der Waals surface area contributed by atoms with Crippen LogP contribution in [0.1, 0.15) is 39.2 Å². The molecular formula is C32H37N9O. The average Bonchev–Trinajstić information content (AvgIpc) is 3.84. The third kappa shape index (κ3) is 6.64. The fourth-order valence-corrected chi connectivity index (χ4v) is 4.67. The molecule has 0 spiro atoms. The molecule has 1 aliphatic heterocycles. The number of carbonyl (C=O) groups is 1. The lowest BCUT2D eigenvalue weighted by Crippen LogP contribution is -2.47. The van der Waals surface area contributed by atoms with Crippen molar-refractivity contribution >= 4 is 40.1 Å². The third-order valence-corrected chi connectivity index (χ3v) is 7.97. The minimum atomic E-state index is -0.577. The Morgan fingerprint density at radius 3 is 2.64 bits per heavy atom. The molecule has 3 heterocycles. The van der Waals surface area contributed by atoms with Gasteiger partial charge in [-0.3, -0.25) is 9.69 Å². The first-order valence-corrected chi connectivity index (χ1v) is 14.3. The summed E-state index contributed by atoms with van der Waals surface area (Å²) < 4.78 is 0. The van der Waals surface area contributed by atoms with Crippen LogP contribution < -0.4 is 15.5 Å². The van der Waals surface area contributed by atoms with E-state index >= 15 is 0 Å². The van der Waals surface area contributed by atoms with Gasteiger partial charge in [-0.2, -0.15) is 5.26 Å². The first kappa shape index (κ1) is 28.9. The van der Waals surface area contributed by atoms with E-state index in [0.717, 1.165) is 49.0 Å². The van der Waals surface area contributed by atoms with Crippen molar-refractivity contribution in [3.8, 4) is 6.07 Å². The van der Waals surface area contributed by atoms with Gasteiger partial charge in [0.05, 0.1) is 17.7 Å². The van der Waals surface area contributed by atoms with Gasteiger partial charge in [-0.1, -0.05) is 36.4 Å². The van der Waals surface area contributed by atoms with Gasteiger partial charge < -0.3 is 15.5 Å². The Labute approximate surface area is 246 Å². The van der Waals surface area contributed by atoms with E-state index in [4.69, 9.17) is 4.98 Å². The Morgan fingerprint density at radius 1 is 1.17 bits per heavy atom. The average molecular weight is 564 g/mol. The molecule has 1 saturated heterocycles. The number of rotatable bonds is 9. The lowest BCUT2D eigenvalue weighted by atomic mass is 9.87. The summed E-state index contributed by atoms with van der Waals surface area (Å²) >= 11 is 0. The number of hydrogen-bond donors (Lipinski definition) is 2. The van der Waals surface area contributed by atoms with Gasteiger partial charge in [-0.05, 0) is 58.2 Å². The molecule has 42 heavy (non-hydrogen) atoms. The van der Waals surface area contributed by atoms with E-state index in [1.54, 1.807) is 18.3 Å². The number of nitrogens with one attached hydrogen (secondary N) is 2. The molecule has 3 aromatic rings. The van der Waals surface area contributed by atoms with Crippen molar-refractivity contribution in [2.24, 2.45) is 5.41 Å². The fraction of sp³-hybridized carbons (Fsp3) is 0.375. The molecule has 0 atom stereocenters. The molecule has 1 aliphatic carbocycles. The molecule has 2 N–H and O–H groups in total. The number of nitriles is 1. The van der Waals surface area contributed by atoms with Gasteiger partial charge in [0.25, 0.3) is 5.91 Å². The smallest absolute Gasteiger partial charge is 0.255 e. The van der Waals surface area contributed by atoms with Crippen molar-refractivity contribution in [3.63, 3.8) is 0 Å². The van der Waals surface area contributed by atoms with E-state index in [1.165, 1.54) is 19.2 Å². The van der Waals surface area contributed by atoms with Crippen molar-refractivity contribution in [1.82, 2.24) is 24.8 Å². The van der Waals surface area contributed by atoms with Crippen molar-refractivity contribution in [1.29, 1.82) is 5.26 Å². The van der Waals surface area contributed by atoms with Gasteiger partial charge in [-0.25, -0.2) is 19.9 Å². The standard InChI is InChI=1S/C32H37N9O/c1-21-9-10-24(37-30(42)22(2)7-6-8-23(3)32(4,5)19-33)17-26(21)38-29-28-27(35-20-36-29)18-34-31(39-28)41-15-13-40(14-16-41)25-11-12-25/h6-10,17-18,20,25H,2,11-16H2,1,3-5H3,(H,37,42)(H,35,36,38)/b7-6-,23-8+. The number of carbonyl (C=O) groups excluding carboxylic acids is 1. The molecule has 2 aliphatic rings. The predicted octanol–water partition coefficient (Wildman–Crippen LogP) is 5.30. The number of nitrogens with zero attached hydrogens (tertiary/aromatic N) is 7. The molecule has 2 aromatic heterocycles. The molecule has 1 amide bonds. The summed E-state index contributed by atoms with van der Waals surface area (Å²) in [6.07, 6.45) is 11.1. The summed E-state index contributed by atoms with van der Waals surface area (Å²) in [6.45, 7) is 15.3. The summed E-state index contributed by atoms with van der Waals surface area (Å²) in [6, 6.07) is 8.66. The van der Waals surface area contributed by atoms with E-state index < -0.39 is 5.41 Å². The molecule has 0 radical (unpaired) electrons. The largest absolute Gasteiger partial charge is 0.338 e. The number of aromatic nitrogens is 4. The molecule has 216 valence electrons. The van der Waals surface area contributed by atoms with Gasteiger partial charge in [0.2, 0.25) is 5.95 Å². The summed E-state index contributed by atoms with van der Waals surface area (Å²) in [5.74, 6) is 0.932. The van der Waals surface area contributed by atoms with Gasteiger partial charge in [0.15, 0.2) is 5.82 Å². The number of piperazine rings is 1. The van der Waals surface area contributed by atoms with Crippen LogP contribution in [0.5, 0.6) is 0 Å². The summed E-state index contributed by atoms with van der Waals surface area (Å²) in [5.41, 5.74) is 4.29. The molecular weight excluding hydrogens is 526 g/mol. The number of aryl methyl sites for hydroxylation is 1. The second kappa shape index (κ2) is 12.1. The summed E-state index contributed by atoms with van der Waals surface area (Å²) in [7, 11) is 0. The molecule has 1 aromatic carbocycles. The Balaban J connectivity index is 1.29. The molecule has 5 rings (SSSR count). The number of anilines is 4. The highest BCUT2D eigenvalue weighted by Gasteiger charge is 2.31. The van der Waals surface area contributed by atoms with Crippen molar-refractivity contribution in [2.45, 2.75) is 46.6 Å². The van der Waals surface area contributed by atoms with E-state index in [-0.39, 0.29) is 5.91 Å². The SMILES string of the molecule is C=C(/C=C\C=C(/C)C(C)(C)C#N)C(=O)Nc1ccc(C)c(Nc2ncnc3cnc(N4CCN(C5CC5)CC4)nc23)c1. The Hall–Kier alpha value is -4.62. The van der Waals surface area contributed by atoms with Crippen LogP contribution >= 0.6 is 0 Å². The lowest BCUT2D eigenvalue weighted by Gasteiger charge is -2.34. The molecule has 0 unspecified atom stereocenters. The third-order valence-electron chi connectivity index (χ3n) is 7.97. The maximum absolute atomic E-state index is 12.8. The number of benzene rings is 1. The van der Waals surface area contributed by atoms with Crippen LogP contribution in [0.3, 0.4) is 0 Å². The zero-order valence-electron chi connectivity index (χ0n) is 24.7.